The molecule has 0 aromatic heterocycles. The standard InChI is InChI=1S/C10H14O7/c1-7(11)14-3-10(4-15-8(2)12)5-16-9(13)17-6-10/h3-6H2,1-2H3. The fourth-order valence-corrected chi connectivity index (χ4v) is 1.23. The predicted octanol–water partition coefficient (Wildman–Crippen LogP) is 0.266. The summed E-state index contributed by atoms with van der Waals surface area (Å²) in [6.07, 6.45) is -0.786. The Labute approximate surface area is 98.0 Å². The summed E-state index contributed by atoms with van der Waals surface area (Å²) in [5.74, 6) is -0.937. The largest absolute Gasteiger partial charge is 0.508 e. The van der Waals surface area contributed by atoms with Crippen LogP contribution in [0.3, 0.4) is 0 Å². The van der Waals surface area contributed by atoms with Gasteiger partial charge < -0.3 is 18.9 Å². The van der Waals surface area contributed by atoms with Gasteiger partial charge in [0.15, 0.2) is 0 Å². The minimum Gasteiger partial charge on any atom is -0.465 e. The molecule has 1 aliphatic heterocycles. The molecule has 0 saturated carbocycles. The van der Waals surface area contributed by atoms with Gasteiger partial charge in [-0.05, 0) is 0 Å². The van der Waals surface area contributed by atoms with E-state index in [1.54, 1.807) is 0 Å². The molecule has 96 valence electrons. The second-order valence-corrected chi connectivity index (χ2v) is 3.89. The van der Waals surface area contributed by atoms with Crippen LogP contribution in [0.5, 0.6) is 0 Å². The zero-order valence-corrected chi connectivity index (χ0v) is 9.69. The van der Waals surface area contributed by atoms with E-state index in [9.17, 15) is 14.4 Å². The fraction of sp³-hybridized carbons (Fsp3) is 0.700. The highest BCUT2D eigenvalue weighted by molar-refractivity contribution is 5.66. The Balaban J connectivity index is 2.59. The topological polar surface area (TPSA) is 88.1 Å². The summed E-state index contributed by atoms with van der Waals surface area (Å²) in [5.41, 5.74) is -0.828. The van der Waals surface area contributed by atoms with Crippen LogP contribution in [0.15, 0.2) is 0 Å². The molecule has 0 amide bonds. The Kier molecular flexibility index (Phi) is 4.30. The number of hydrogen-bond donors (Lipinski definition) is 0. The van der Waals surface area contributed by atoms with Gasteiger partial charge in [-0.15, -0.1) is 0 Å². The smallest absolute Gasteiger partial charge is 0.465 e. The number of ether oxygens (including phenoxy) is 4. The Morgan fingerprint density at radius 1 is 1.12 bits per heavy atom. The van der Waals surface area contributed by atoms with Crippen molar-refractivity contribution in [1.82, 2.24) is 0 Å². The second kappa shape index (κ2) is 5.51. The molecule has 0 N–H and O–H groups in total. The van der Waals surface area contributed by atoms with E-state index in [1.807, 2.05) is 0 Å². The summed E-state index contributed by atoms with van der Waals surface area (Å²) in [4.78, 5) is 32.3. The molecule has 1 rings (SSSR count). The maximum absolute atomic E-state index is 10.8. The van der Waals surface area contributed by atoms with Crippen molar-refractivity contribution in [1.29, 1.82) is 0 Å². The number of rotatable bonds is 4. The van der Waals surface area contributed by atoms with E-state index in [0.717, 1.165) is 0 Å². The molecule has 0 spiro atoms. The summed E-state index contributed by atoms with van der Waals surface area (Å²) < 4.78 is 19.1. The molecule has 0 bridgehead atoms. The average molecular weight is 246 g/mol. The summed E-state index contributed by atoms with van der Waals surface area (Å²) in [5, 5.41) is 0. The fourth-order valence-electron chi connectivity index (χ4n) is 1.23. The number of carbonyl (C=O) groups excluding carboxylic acids is 3. The van der Waals surface area contributed by atoms with Crippen LogP contribution in [0.25, 0.3) is 0 Å². The molecule has 0 atom stereocenters. The molecule has 1 fully saturated rings. The van der Waals surface area contributed by atoms with Crippen molar-refractivity contribution in [3.63, 3.8) is 0 Å². The van der Waals surface area contributed by atoms with Crippen molar-refractivity contribution in [2.75, 3.05) is 26.4 Å². The minimum absolute atomic E-state index is 0.0214. The Morgan fingerprint density at radius 3 is 1.88 bits per heavy atom. The van der Waals surface area contributed by atoms with Gasteiger partial charge in [0.2, 0.25) is 0 Å². The van der Waals surface area contributed by atoms with Crippen molar-refractivity contribution in [3.8, 4) is 0 Å². The van der Waals surface area contributed by atoms with E-state index in [0.29, 0.717) is 0 Å². The van der Waals surface area contributed by atoms with Crippen LogP contribution in [0.4, 0.5) is 4.79 Å². The average Bonchev–Trinajstić information content (AvgIpc) is 2.27. The van der Waals surface area contributed by atoms with Gasteiger partial charge >= 0.3 is 18.1 Å². The number of esters is 2. The van der Waals surface area contributed by atoms with E-state index in [-0.39, 0.29) is 26.4 Å². The molecule has 0 aliphatic carbocycles. The highest BCUT2D eigenvalue weighted by Crippen LogP contribution is 2.24. The Morgan fingerprint density at radius 2 is 1.53 bits per heavy atom. The zero-order valence-electron chi connectivity index (χ0n) is 9.69. The molecule has 7 heteroatoms. The normalized spacial score (nSPS) is 17.6. The van der Waals surface area contributed by atoms with Gasteiger partial charge in [0.25, 0.3) is 0 Å². The van der Waals surface area contributed by atoms with Crippen molar-refractivity contribution in [2.45, 2.75) is 13.8 Å². The van der Waals surface area contributed by atoms with Crippen LogP contribution in [-0.4, -0.2) is 44.5 Å². The Bertz CT molecular complexity index is 293. The van der Waals surface area contributed by atoms with Gasteiger partial charge in [-0.1, -0.05) is 0 Å². The highest BCUT2D eigenvalue weighted by Gasteiger charge is 2.40. The number of hydrogen-bond acceptors (Lipinski definition) is 7. The van der Waals surface area contributed by atoms with Crippen molar-refractivity contribution in [3.05, 3.63) is 0 Å². The van der Waals surface area contributed by atoms with Gasteiger partial charge in [-0.2, -0.15) is 0 Å². The maximum Gasteiger partial charge on any atom is 0.508 e. The monoisotopic (exact) mass is 246 g/mol. The summed E-state index contributed by atoms with van der Waals surface area (Å²) >= 11 is 0. The highest BCUT2D eigenvalue weighted by atomic mass is 16.7. The van der Waals surface area contributed by atoms with Crippen LogP contribution < -0.4 is 0 Å². The lowest BCUT2D eigenvalue weighted by atomic mass is 9.92. The predicted molar refractivity (Wildman–Crippen MR) is 53.0 cm³/mol. The third-order valence-electron chi connectivity index (χ3n) is 2.16. The summed E-state index contributed by atoms with van der Waals surface area (Å²) in [6.45, 7) is 2.40. The van der Waals surface area contributed by atoms with Crippen molar-refractivity contribution < 1.29 is 33.3 Å². The summed E-state index contributed by atoms with van der Waals surface area (Å²) in [6, 6.07) is 0. The number of carbonyl (C=O) groups is 3. The second-order valence-electron chi connectivity index (χ2n) is 3.89. The quantitative estimate of drug-likeness (QED) is 0.519. The van der Waals surface area contributed by atoms with Crippen molar-refractivity contribution >= 4 is 18.1 Å². The molecule has 7 nitrogen and oxygen atoms in total. The molecule has 0 unspecified atom stereocenters. The first-order chi connectivity index (χ1) is 7.93. The third kappa shape index (κ3) is 4.29. The van der Waals surface area contributed by atoms with Crippen LogP contribution in [0.2, 0.25) is 0 Å². The van der Waals surface area contributed by atoms with Gasteiger partial charge in [0.05, 0.1) is 0 Å². The first-order valence-corrected chi connectivity index (χ1v) is 5.00. The Hall–Kier alpha value is -1.79. The van der Waals surface area contributed by atoms with Gasteiger partial charge in [-0.3, -0.25) is 9.59 Å². The van der Waals surface area contributed by atoms with Crippen LogP contribution in [0.1, 0.15) is 13.8 Å². The lowest BCUT2D eigenvalue weighted by Gasteiger charge is -2.34. The number of cyclic esters (lactones) is 2. The van der Waals surface area contributed by atoms with E-state index in [4.69, 9.17) is 18.9 Å². The lowest BCUT2D eigenvalue weighted by Crippen LogP contribution is -2.47. The molecule has 1 aliphatic rings. The SMILES string of the molecule is CC(=O)OCC1(COC(C)=O)COC(=O)OC1. The van der Waals surface area contributed by atoms with Crippen LogP contribution in [-0.2, 0) is 28.5 Å². The van der Waals surface area contributed by atoms with E-state index in [1.165, 1.54) is 13.8 Å². The molecule has 0 aromatic rings. The zero-order chi connectivity index (χ0) is 12.9. The molecule has 0 aromatic carbocycles. The molecule has 1 heterocycles. The van der Waals surface area contributed by atoms with Crippen LogP contribution in [0, 0.1) is 5.41 Å². The van der Waals surface area contributed by atoms with Gasteiger partial charge in [0, 0.05) is 13.8 Å². The molecule has 0 radical (unpaired) electrons. The van der Waals surface area contributed by atoms with Crippen molar-refractivity contribution in [2.24, 2.45) is 5.41 Å². The first kappa shape index (κ1) is 13.3. The van der Waals surface area contributed by atoms with Crippen LogP contribution >= 0.6 is 0 Å². The van der Waals surface area contributed by atoms with Gasteiger partial charge in [0.1, 0.15) is 31.8 Å². The molecular weight excluding hydrogens is 232 g/mol. The third-order valence-corrected chi connectivity index (χ3v) is 2.16. The molecule has 1 saturated heterocycles. The van der Waals surface area contributed by atoms with E-state index >= 15 is 0 Å². The van der Waals surface area contributed by atoms with Gasteiger partial charge in [-0.25, -0.2) is 4.79 Å². The van der Waals surface area contributed by atoms with E-state index < -0.39 is 23.5 Å². The molecular formula is C10H14O7. The first-order valence-electron chi connectivity index (χ1n) is 5.00. The molecule has 17 heavy (non-hydrogen) atoms. The lowest BCUT2D eigenvalue weighted by molar-refractivity contribution is -0.163. The maximum atomic E-state index is 10.8. The summed E-state index contributed by atoms with van der Waals surface area (Å²) in [7, 11) is 0. The van der Waals surface area contributed by atoms with E-state index in [2.05, 4.69) is 0 Å². The minimum atomic E-state index is -0.828.